The minimum Gasteiger partial charge on any atom is -0.206 e. The van der Waals surface area contributed by atoms with E-state index in [-0.39, 0.29) is 5.82 Å². The first-order chi connectivity index (χ1) is 16.2. The molecule has 3 aromatic rings. The molecule has 0 atom stereocenters. The fourth-order valence-electron chi connectivity index (χ4n) is 5.29. The fraction of sp³-hybridized carbons (Fsp3) is 0.438. The van der Waals surface area contributed by atoms with Gasteiger partial charge in [-0.3, -0.25) is 0 Å². The molecule has 1 saturated carbocycles. The molecule has 172 valence electrons. The molecule has 1 heteroatoms. The maximum atomic E-state index is 15.5. The van der Waals surface area contributed by atoms with Crippen molar-refractivity contribution in [2.45, 2.75) is 84.0 Å². The van der Waals surface area contributed by atoms with Gasteiger partial charge in [-0.2, -0.15) is 0 Å². The Balaban J connectivity index is 1.43. The second-order valence-electron chi connectivity index (χ2n) is 9.77. The Hall–Kier alpha value is -2.59. The number of hydrogen-bond acceptors (Lipinski definition) is 0. The molecule has 33 heavy (non-hydrogen) atoms. The van der Waals surface area contributed by atoms with Crippen LogP contribution in [0.25, 0.3) is 10.8 Å². The van der Waals surface area contributed by atoms with Gasteiger partial charge in [0.2, 0.25) is 0 Å². The monoisotopic (exact) mass is 440 g/mol. The minimum absolute atomic E-state index is 0.0199. The second-order valence-corrected chi connectivity index (χ2v) is 9.77. The lowest BCUT2D eigenvalue weighted by Gasteiger charge is -2.29. The van der Waals surface area contributed by atoms with Crippen LogP contribution in [0.1, 0.15) is 99.8 Å². The predicted octanol–water partition coefficient (Wildman–Crippen LogP) is 9.19. The summed E-state index contributed by atoms with van der Waals surface area (Å²) in [6, 6.07) is 18.4. The Bertz CT molecular complexity index is 1100. The van der Waals surface area contributed by atoms with Gasteiger partial charge in [0.1, 0.15) is 5.82 Å². The van der Waals surface area contributed by atoms with Gasteiger partial charge in [0.15, 0.2) is 0 Å². The van der Waals surface area contributed by atoms with Crippen molar-refractivity contribution in [1.29, 1.82) is 0 Å². The lowest BCUT2D eigenvalue weighted by molar-refractivity contribution is 0.299. The van der Waals surface area contributed by atoms with E-state index in [2.05, 4.69) is 56.0 Å². The van der Waals surface area contributed by atoms with Crippen LogP contribution in [0.15, 0.2) is 54.6 Å². The molecule has 0 unspecified atom stereocenters. The Labute approximate surface area is 199 Å². The van der Waals surface area contributed by atoms with Crippen molar-refractivity contribution in [1.82, 2.24) is 0 Å². The van der Waals surface area contributed by atoms with Gasteiger partial charge >= 0.3 is 0 Å². The summed E-state index contributed by atoms with van der Waals surface area (Å²) < 4.78 is 15.5. The van der Waals surface area contributed by atoms with Crippen LogP contribution in [0.5, 0.6) is 0 Å². The van der Waals surface area contributed by atoms with E-state index in [1.807, 2.05) is 24.3 Å². The topological polar surface area (TPSA) is 0 Å². The van der Waals surface area contributed by atoms with E-state index < -0.39 is 0 Å². The molecule has 0 radical (unpaired) electrons. The fourth-order valence-corrected chi connectivity index (χ4v) is 5.29. The summed E-state index contributed by atoms with van der Waals surface area (Å²) in [6.07, 6.45) is 12.5. The molecule has 0 heterocycles. The molecule has 0 aliphatic heterocycles. The van der Waals surface area contributed by atoms with E-state index in [0.29, 0.717) is 5.92 Å². The van der Waals surface area contributed by atoms with Crippen LogP contribution in [0, 0.1) is 23.6 Å². The van der Waals surface area contributed by atoms with Crippen LogP contribution in [-0.2, 0) is 6.42 Å². The smallest absolute Gasteiger partial charge is 0.134 e. The molecular formula is C32H37F. The molecule has 0 N–H and O–H groups in total. The molecule has 0 saturated heterocycles. The van der Waals surface area contributed by atoms with E-state index in [0.717, 1.165) is 52.6 Å². The Morgan fingerprint density at radius 1 is 0.788 bits per heavy atom. The third-order valence-corrected chi connectivity index (χ3v) is 7.45. The normalized spacial score (nSPS) is 18.2. The second kappa shape index (κ2) is 11.5. The van der Waals surface area contributed by atoms with E-state index in [9.17, 15) is 0 Å². The molecule has 0 aromatic heterocycles. The largest absolute Gasteiger partial charge is 0.206 e. The Kier molecular flexibility index (Phi) is 8.22. The number of unbranched alkanes of at least 4 members (excludes halogenated alkanes) is 3. The van der Waals surface area contributed by atoms with Gasteiger partial charge in [0, 0.05) is 16.5 Å². The summed E-state index contributed by atoms with van der Waals surface area (Å²) in [5.41, 5.74) is 4.17. The zero-order chi connectivity index (χ0) is 23.0. The number of rotatable bonds is 7. The number of halogens is 1. The maximum absolute atomic E-state index is 15.5. The number of fused-ring (bicyclic) bond motifs is 1. The van der Waals surface area contributed by atoms with Crippen molar-refractivity contribution < 1.29 is 4.39 Å². The SMILES string of the molecule is CCCCCCC1CCC(c2ccc3cc(C#Cc4ccc(CC)cc4)ccc3c2F)CC1. The first-order valence-electron chi connectivity index (χ1n) is 13.0. The first-order valence-corrected chi connectivity index (χ1v) is 13.0. The third kappa shape index (κ3) is 6.05. The summed E-state index contributed by atoms with van der Waals surface area (Å²) in [5.74, 6) is 7.68. The van der Waals surface area contributed by atoms with Gasteiger partial charge in [-0.25, -0.2) is 4.39 Å². The van der Waals surface area contributed by atoms with Crippen molar-refractivity contribution in [3.8, 4) is 11.8 Å². The highest BCUT2D eigenvalue weighted by atomic mass is 19.1. The van der Waals surface area contributed by atoms with Crippen molar-refractivity contribution in [2.24, 2.45) is 5.92 Å². The van der Waals surface area contributed by atoms with Crippen LogP contribution in [0.4, 0.5) is 4.39 Å². The van der Waals surface area contributed by atoms with Gasteiger partial charge in [0.05, 0.1) is 0 Å². The van der Waals surface area contributed by atoms with E-state index >= 15 is 4.39 Å². The van der Waals surface area contributed by atoms with Crippen LogP contribution in [0.2, 0.25) is 0 Å². The van der Waals surface area contributed by atoms with Crippen LogP contribution in [-0.4, -0.2) is 0 Å². The molecule has 0 spiro atoms. The summed E-state index contributed by atoms with van der Waals surface area (Å²) in [5, 5.41) is 1.67. The van der Waals surface area contributed by atoms with Gasteiger partial charge in [-0.15, -0.1) is 0 Å². The van der Waals surface area contributed by atoms with Gasteiger partial charge < -0.3 is 0 Å². The maximum Gasteiger partial charge on any atom is 0.134 e. The summed E-state index contributed by atoms with van der Waals surface area (Å²) in [7, 11) is 0. The van der Waals surface area contributed by atoms with Crippen LogP contribution in [0.3, 0.4) is 0 Å². The Morgan fingerprint density at radius 2 is 1.52 bits per heavy atom. The summed E-state index contributed by atoms with van der Waals surface area (Å²) >= 11 is 0. The van der Waals surface area contributed by atoms with Crippen molar-refractivity contribution in [3.05, 3.63) is 82.7 Å². The highest BCUT2D eigenvalue weighted by Gasteiger charge is 2.24. The van der Waals surface area contributed by atoms with Gasteiger partial charge in [0.25, 0.3) is 0 Å². The van der Waals surface area contributed by atoms with Crippen LogP contribution < -0.4 is 0 Å². The number of aryl methyl sites for hydroxylation is 1. The highest BCUT2D eigenvalue weighted by molar-refractivity contribution is 5.85. The average Bonchev–Trinajstić information content (AvgIpc) is 2.86. The molecule has 1 fully saturated rings. The lowest BCUT2D eigenvalue weighted by Crippen LogP contribution is -2.14. The molecule has 0 nitrogen and oxygen atoms in total. The molecule has 0 amide bonds. The summed E-state index contributed by atoms with van der Waals surface area (Å²) in [4.78, 5) is 0. The Morgan fingerprint density at radius 3 is 2.24 bits per heavy atom. The average molecular weight is 441 g/mol. The van der Waals surface area contributed by atoms with E-state index in [1.165, 1.54) is 50.5 Å². The van der Waals surface area contributed by atoms with Crippen molar-refractivity contribution in [2.75, 3.05) is 0 Å². The highest BCUT2D eigenvalue weighted by Crippen LogP contribution is 2.40. The van der Waals surface area contributed by atoms with Crippen molar-refractivity contribution >= 4 is 10.8 Å². The zero-order valence-electron chi connectivity index (χ0n) is 20.3. The molecule has 4 rings (SSSR count). The van der Waals surface area contributed by atoms with E-state index in [1.54, 1.807) is 0 Å². The summed E-state index contributed by atoms with van der Waals surface area (Å²) in [6.45, 7) is 4.42. The standard InChI is InChI=1S/C32H37F/c1-3-5-6-7-8-25-15-18-28(19-16-25)30-22-20-29-23-27(17-21-31(29)32(30)33)14-13-26-11-9-24(4-2)10-12-26/h9-12,17,20-23,25,28H,3-8,15-16,18-19H2,1-2H3. The third-order valence-electron chi connectivity index (χ3n) is 7.45. The molecule has 1 aliphatic carbocycles. The molecule has 0 bridgehead atoms. The van der Waals surface area contributed by atoms with E-state index in [4.69, 9.17) is 0 Å². The predicted molar refractivity (Wildman–Crippen MR) is 139 cm³/mol. The van der Waals surface area contributed by atoms with Crippen LogP contribution >= 0.6 is 0 Å². The molecular weight excluding hydrogens is 403 g/mol. The number of hydrogen-bond donors (Lipinski definition) is 0. The first kappa shape index (κ1) is 23.6. The lowest BCUT2D eigenvalue weighted by atomic mass is 9.76. The molecule has 3 aromatic carbocycles. The quantitative estimate of drug-likeness (QED) is 0.254. The number of benzene rings is 3. The zero-order valence-corrected chi connectivity index (χ0v) is 20.3. The minimum atomic E-state index is -0.0199. The van der Waals surface area contributed by atoms with Gasteiger partial charge in [-0.1, -0.05) is 88.1 Å². The molecule has 1 aliphatic rings. The van der Waals surface area contributed by atoms with Gasteiger partial charge in [-0.05, 0) is 84.7 Å². The van der Waals surface area contributed by atoms with Crippen molar-refractivity contribution in [3.63, 3.8) is 0 Å².